The van der Waals surface area contributed by atoms with Gasteiger partial charge in [-0.2, -0.15) is 0 Å². The van der Waals surface area contributed by atoms with Gasteiger partial charge >= 0.3 is 5.97 Å². The summed E-state index contributed by atoms with van der Waals surface area (Å²) >= 11 is 1.27. The first-order valence-electron chi connectivity index (χ1n) is 10.5. The van der Waals surface area contributed by atoms with E-state index in [1.165, 1.54) is 18.4 Å². The van der Waals surface area contributed by atoms with Gasteiger partial charge in [0, 0.05) is 5.56 Å². The Labute approximate surface area is 194 Å². The van der Waals surface area contributed by atoms with Crippen LogP contribution >= 0.6 is 11.3 Å². The number of esters is 1. The third-order valence-corrected chi connectivity index (χ3v) is 6.33. The molecule has 0 saturated carbocycles. The number of methoxy groups -OCH3 is 2. The van der Waals surface area contributed by atoms with Crippen LogP contribution in [0.1, 0.15) is 31.0 Å². The Kier molecular flexibility index (Phi) is 6.46. The Hall–Kier alpha value is -3.65. The second kappa shape index (κ2) is 9.46. The summed E-state index contributed by atoms with van der Waals surface area (Å²) in [5.74, 6) is 0.648. The average Bonchev–Trinajstić information content (AvgIpc) is 3.13. The van der Waals surface area contributed by atoms with Crippen LogP contribution in [-0.4, -0.2) is 31.4 Å². The standard InChI is InChI=1S/C25H24N2O5S/c1-5-32-22-17(12-9-13-18(22)30-3)14-19-23(28)27-21(16-10-7-6-8-11-16)20(24(29)31-4)15(2)26-25(27)33-19/h6-14,21H,5H2,1-4H3. The maximum Gasteiger partial charge on any atom is 0.338 e. The first-order chi connectivity index (χ1) is 16.0. The van der Waals surface area contributed by atoms with Gasteiger partial charge in [-0.15, -0.1) is 0 Å². The van der Waals surface area contributed by atoms with Crippen molar-refractivity contribution in [2.24, 2.45) is 4.99 Å². The number of nitrogens with zero attached hydrogens (tertiary/aromatic N) is 2. The number of ether oxygens (including phenoxy) is 3. The summed E-state index contributed by atoms with van der Waals surface area (Å²) in [5.41, 5.74) is 2.16. The summed E-state index contributed by atoms with van der Waals surface area (Å²) in [6.45, 7) is 4.10. The van der Waals surface area contributed by atoms with Crippen LogP contribution in [0, 0.1) is 0 Å². The SMILES string of the molecule is CCOc1c(C=c2sc3n(c2=O)C(c2ccccc2)C(C(=O)OC)=C(C)N=3)cccc1OC. The molecule has 2 aromatic carbocycles. The molecule has 4 rings (SSSR count). The molecule has 1 aliphatic rings. The molecule has 0 fully saturated rings. The molecule has 8 heteroatoms. The van der Waals surface area contributed by atoms with E-state index in [4.69, 9.17) is 14.2 Å². The monoisotopic (exact) mass is 464 g/mol. The molecule has 0 spiro atoms. The smallest absolute Gasteiger partial charge is 0.338 e. The molecular formula is C25H24N2O5S. The van der Waals surface area contributed by atoms with Gasteiger partial charge in [-0.25, -0.2) is 9.79 Å². The number of para-hydroxylation sites is 1. The van der Waals surface area contributed by atoms with Crippen molar-refractivity contribution in [3.63, 3.8) is 0 Å². The molecule has 2 heterocycles. The van der Waals surface area contributed by atoms with Crippen molar-refractivity contribution in [1.82, 2.24) is 4.57 Å². The Morgan fingerprint density at radius 3 is 2.58 bits per heavy atom. The highest BCUT2D eigenvalue weighted by Crippen LogP contribution is 2.32. The van der Waals surface area contributed by atoms with E-state index in [0.717, 1.165) is 11.1 Å². The molecule has 3 aromatic rings. The molecule has 0 radical (unpaired) electrons. The molecule has 1 aliphatic heterocycles. The van der Waals surface area contributed by atoms with E-state index in [0.29, 0.717) is 38.7 Å². The molecule has 0 bridgehead atoms. The highest BCUT2D eigenvalue weighted by atomic mass is 32.1. The number of aromatic nitrogens is 1. The number of thiazole rings is 1. The van der Waals surface area contributed by atoms with Crippen molar-refractivity contribution in [2.45, 2.75) is 19.9 Å². The van der Waals surface area contributed by atoms with E-state index < -0.39 is 12.0 Å². The van der Waals surface area contributed by atoms with Gasteiger partial charge in [0.15, 0.2) is 16.3 Å². The van der Waals surface area contributed by atoms with Crippen molar-refractivity contribution in [3.05, 3.63) is 90.6 Å². The van der Waals surface area contributed by atoms with Crippen LogP contribution in [-0.2, 0) is 9.53 Å². The minimum atomic E-state index is -0.631. The molecule has 0 N–H and O–H groups in total. The van der Waals surface area contributed by atoms with Crippen molar-refractivity contribution < 1.29 is 19.0 Å². The van der Waals surface area contributed by atoms with Gasteiger partial charge in [0.05, 0.1) is 42.7 Å². The second-order valence-corrected chi connectivity index (χ2v) is 8.30. The lowest BCUT2D eigenvalue weighted by molar-refractivity contribution is -0.136. The van der Waals surface area contributed by atoms with Crippen LogP contribution in [0.2, 0.25) is 0 Å². The quantitative estimate of drug-likeness (QED) is 0.524. The first-order valence-corrected chi connectivity index (χ1v) is 11.3. The Morgan fingerprint density at radius 1 is 1.15 bits per heavy atom. The molecule has 0 saturated heterocycles. The lowest BCUT2D eigenvalue weighted by atomic mass is 9.96. The predicted octanol–water partition coefficient (Wildman–Crippen LogP) is 2.82. The average molecular weight is 465 g/mol. The van der Waals surface area contributed by atoms with E-state index in [1.807, 2.05) is 55.5 Å². The fourth-order valence-electron chi connectivity index (χ4n) is 3.89. The predicted molar refractivity (Wildman–Crippen MR) is 126 cm³/mol. The van der Waals surface area contributed by atoms with Gasteiger partial charge in [-0.05, 0) is 31.6 Å². The van der Waals surface area contributed by atoms with Gasteiger partial charge in [-0.1, -0.05) is 53.8 Å². The van der Waals surface area contributed by atoms with Crippen molar-refractivity contribution in [1.29, 1.82) is 0 Å². The van der Waals surface area contributed by atoms with Gasteiger partial charge < -0.3 is 14.2 Å². The minimum absolute atomic E-state index is 0.244. The normalized spacial score (nSPS) is 15.6. The highest BCUT2D eigenvalue weighted by Gasteiger charge is 2.32. The molecule has 7 nitrogen and oxygen atoms in total. The maximum absolute atomic E-state index is 13.6. The van der Waals surface area contributed by atoms with E-state index >= 15 is 0 Å². The number of carbonyl (C=O) groups is 1. The summed E-state index contributed by atoms with van der Waals surface area (Å²) in [7, 11) is 2.90. The van der Waals surface area contributed by atoms with Gasteiger partial charge in [-0.3, -0.25) is 9.36 Å². The molecule has 0 aliphatic carbocycles. The van der Waals surface area contributed by atoms with E-state index in [2.05, 4.69) is 4.99 Å². The number of benzene rings is 2. The van der Waals surface area contributed by atoms with Crippen molar-refractivity contribution in [2.75, 3.05) is 20.8 Å². The summed E-state index contributed by atoms with van der Waals surface area (Å²) in [6, 6.07) is 14.3. The van der Waals surface area contributed by atoms with Crippen molar-refractivity contribution in [3.8, 4) is 11.5 Å². The molecular weight excluding hydrogens is 440 g/mol. The third kappa shape index (κ3) is 4.09. The van der Waals surface area contributed by atoms with E-state index in [-0.39, 0.29) is 5.56 Å². The first kappa shape index (κ1) is 22.5. The van der Waals surface area contributed by atoms with E-state index in [1.54, 1.807) is 24.7 Å². The fraction of sp³-hybridized carbons (Fsp3) is 0.240. The van der Waals surface area contributed by atoms with Gasteiger partial charge in [0.25, 0.3) is 5.56 Å². The number of fused-ring (bicyclic) bond motifs is 1. The third-order valence-electron chi connectivity index (χ3n) is 5.35. The highest BCUT2D eigenvalue weighted by molar-refractivity contribution is 7.07. The minimum Gasteiger partial charge on any atom is -0.493 e. The van der Waals surface area contributed by atoms with Crippen LogP contribution < -0.4 is 24.4 Å². The van der Waals surface area contributed by atoms with Crippen LogP contribution in [0.25, 0.3) is 6.08 Å². The summed E-state index contributed by atoms with van der Waals surface area (Å²) in [6.07, 6.45) is 1.77. The fourth-order valence-corrected chi connectivity index (χ4v) is 4.93. The Morgan fingerprint density at radius 2 is 1.91 bits per heavy atom. The summed E-state index contributed by atoms with van der Waals surface area (Å²) < 4.78 is 18.3. The van der Waals surface area contributed by atoms with Gasteiger partial charge in [0.2, 0.25) is 0 Å². The van der Waals surface area contributed by atoms with E-state index in [9.17, 15) is 9.59 Å². The van der Waals surface area contributed by atoms with Crippen LogP contribution in [0.4, 0.5) is 0 Å². The zero-order valence-corrected chi connectivity index (χ0v) is 19.6. The second-order valence-electron chi connectivity index (χ2n) is 7.30. The number of carbonyl (C=O) groups excluding carboxylic acids is 1. The number of hydrogen-bond acceptors (Lipinski definition) is 7. The lowest BCUT2D eigenvalue weighted by Gasteiger charge is -2.24. The summed E-state index contributed by atoms with van der Waals surface area (Å²) in [4.78, 5) is 31.4. The van der Waals surface area contributed by atoms with Crippen molar-refractivity contribution >= 4 is 23.4 Å². The zero-order chi connectivity index (χ0) is 23.5. The molecule has 170 valence electrons. The van der Waals surface area contributed by atoms with Crippen LogP contribution in [0.3, 0.4) is 0 Å². The topological polar surface area (TPSA) is 79.1 Å². The van der Waals surface area contributed by atoms with Crippen LogP contribution in [0.15, 0.2) is 69.6 Å². The Balaban J connectivity index is 1.97. The molecule has 33 heavy (non-hydrogen) atoms. The zero-order valence-electron chi connectivity index (χ0n) is 18.8. The Bertz CT molecular complexity index is 1400. The molecule has 0 amide bonds. The lowest BCUT2D eigenvalue weighted by Crippen LogP contribution is -2.39. The summed E-state index contributed by atoms with van der Waals surface area (Å²) in [5, 5.41) is 0. The molecule has 1 unspecified atom stereocenters. The molecule has 1 atom stereocenters. The number of allylic oxidation sites excluding steroid dienone is 1. The largest absolute Gasteiger partial charge is 0.493 e. The number of hydrogen-bond donors (Lipinski definition) is 0. The van der Waals surface area contributed by atoms with Gasteiger partial charge in [0.1, 0.15) is 0 Å². The molecule has 1 aromatic heterocycles. The van der Waals surface area contributed by atoms with Crippen LogP contribution in [0.5, 0.6) is 11.5 Å². The number of rotatable bonds is 6. The maximum atomic E-state index is 13.6.